The number of benzene rings is 2. The summed E-state index contributed by atoms with van der Waals surface area (Å²) in [5.74, 6) is -5.40. The maximum atomic E-state index is 13.5. The van der Waals surface area contributed by atoms with Crippen LogP contribution in [0.2, 0.25) is 0 Å². The summed E-state index contributed by atoms with van der Waals surface area (Å²) in [6.07, 6.45) is 4.49. The molecular formula is C21H21F3N2O3. The molecule has 1 saturated carbocycles. The van der Waals surface area contributed by atoms with Crippen molar-refractivity contribution in [3.05, 3.63) is 59.4 Å². The zero-order chi connectivity index (χ0) is 21.0. The second-order valence-corrected chi connectivity index (χ2v) is 7.13. The Balaban J connectivity index is 1.82. The van der Waals surface area contributed by atoms with Crippen LogP contribution >= 0.6 is 0 Å². The van der Waals surface area contributed by atoms with Crippen molar-refractivity contribution < 1.29 is 28.0 Å². The molecule has 5 nitrogen and oxygen atoms in total. The van der Waals surface area contributed by atoms with Crippen LogP contribution in [0.25, 0.3) is 11.1 Å². The molecule has 0 aliphatic heterocycles. The van der Waals surface area contributed by atoms with Crippen molar-refractivity contribution in [2.75, 3.05) is 0 Å². The number of carbonyl (C=O) groups excluding carboxylic acids is 2. The second kappa shape index (κ2) is 9.09. The van der Waals surface area contributed by atoms with E-state index in [0.717, 1.165) is 44.2 Å². The summed E-state index contributed by atoms with van der Waals surface area (Å²) in [7, 11) is 0. The van der Waals surface area contributed by atoms with E-state index >= 15 is 0 Å². The van der Waals surface area contributed by atoms with Gasteiger partial charge in [0.1, 0.15) is 6.04 Å². The van der Waals surface area contributed by atoms with Gasteiger partial charge in [0.2, 0.25) is 5.91 Å². The van der Waals surface area contributed by atoms with Gasteiger partial charge >= 0.3 is 0 Å². The first kappa shape index (κ1) is 20.9. The highest BCUT2D eigenvalue weighted by atomic mass is 19.2. The molecule has 0 heterocycles. The minimum absolute atomic E-state index is 0.127. The molecule has 8 heteroatoms. The van der Waals surface area contributed by atoms with Crippen LogP contribution < -0.4 is 10.8 Å². The fraction of sp³-hybridized carbons (Fsp3) is 0.333. The van der Waals surface area contributed by atoms with E-state index in [9.17, 15) is 22.8 Å². The summed E-state index contributed by atoms with van der Waals surface area (Å²) < 4.78 is 40.1. The minimum atomic E-state index is -1.55. The third-order valence-corrected chi connectivity index (χ3v) is 5.20. The van der Waals surface area contributed by atoms with Crippen molar-refractivity contribution in [2.24, 2.45) is 5.92 Å². The van der Waals surface area contributed by atoms with Gasteiger partial charge in [-0.1, -0.05) is 43.5 Å². The molecule has 1 fully saturated rings. The molecule has 0 spiro atoms. The Morgan fingerprint density at radius 3 is 2.07 bits per heavy atom. The average molecular weight is 406 g/mol. The highest BCUT2D eigenvalue weighted by molar-refractivity contribution is 5.89. The molecule has 154 valence electrons. The number of nitrogens with one attached hydrogen (secondary N) is 2. The zero-order valence-electron chi connectivity index (χ0n) is 15.6. The predicted octanol–water partition coefficient (Wildman–Crippen LogP) is 4.01. The summed E-state index contributed by atoms with van der Waals surface area (Å²) in [6, 6.07) is 6.60. The van der Waals surface area contributed by atoms with Gasteiger partial charge in [0.15, 0.2) is 17.5 Å². The van der Waals surface area contributed by atoms with E-state index in [2.05, 4.69) is 5.32 Å². The van der Waals surface area contributed by atoms with Crippen molar-refractivity contribution in [3.8, 4) is 11.1 Å². The van der Waals surface area contributed by atoms with Crippen LogP contribution in [0.1, 0.15) is 43.7 Å². The Bertz CT molecular complexity index is 874. The lowest BCUT2D eigenvalue weighted by atomic mass is 9.88. The molecule has 0 bridgehead atoms. The standard InChI is InChI=1S/C21H21F3N2O3/c22-16-10-15(11-17(23)18(16)24)12-6-8-13(9-7-12)19(21(28)26-29)25-20(27)14-4-2-1-3-5-14/h6-11,14,19,29H,1-5H2,(H,25,27)(H,26,28)/t19-/m1/s1. The molecule has 1 aliphatic rings. The Hall–Kier alpha value is -2.87. The first-order chi connectivity index (χ1) is 13.9. The van der Waals surface area contributed by atoms with Crippen molar-refractivity contribution in [2.45, 2.75) is 38.1 Å². The lowest BCUT2D eigenvalue weighted by Gasteiger charge is -2.24. The van der Waals surface area contributed by atoms with E-state index in [0.29, 0.717) is 11.1 Å². The lowest BCUT2D eigenvalue weighted by molar-refractivity contribution is -0.136. The van der Waals surface area contributed by atoms with Gasteiger partial charge in [-0.2, -0.15) is 0 Å². The number of hydrogen-bond donors (Lipinski definition) is 3. The van der Waals surface area contributed by atoms with Crippen LogP contribution in [0.15, 0.2) is 36.4 Å². The van der Waals surface area contributed by atoms with E-state index in [1.165, 1.54) is 24.3 Å². The van der Waals surface area contributed by atoms with E-state index in [-0.39, 0.29) is 17.4 Å². The van der Waals surface area contributed by atoms with Crippen LogP contribution in [0.4, 0.5) is 13.2 Å². The SMILES string of the molecule is O=C(N[C@@H](C(=O)NO)c1ccc(-c2cc(F)c(F)c(F)c2)cc1)C1CCCCC1. The molecule has 2 aromatic carbocycles. The van der Waals surface area contributed by atoms with Gasteiger partial charge in [0.05, 0.1) is 0 Å². The Kier molecular flexibility index (Phi) is 6.53. The van der Waals surface area contributed by atoms with E-state index in [4.69, 9.17) is 5.21 Å². The molecule has 2 amide bonds. The first-order valence-electron chi connectivity index (χ1n) is 9.40. The van der Waals surface area contributed by atoms with Crippen LogP contribution in [-0.4, -0.2) is 17.0 Å². The Morgan fingerprint density at radius 1 is 0.931 bits per heavy atom. The monoisotopic (exact) mass is 406 g/mol. The molecule has 3 rings (SSSR count). The maximum absolute atomic E-state index is 13.5. The van der Waals surface area contributed by atoms with Crippen molar-refractivity contribution in [1.82, 2.24) is 10.8 Å². The van der Waals surface area contributed by atoms with Gasteiger partial charge in [-0.3, -0.25) is 14.8 Å². The fourth-order valence-corrected chi connectivity index (χ4v) is 3.58. The van der Waals surface area contributed by atoms with Gasteiger partial charge in [0.25, 0.3) is 5.91 Å². The third-order valence-electron chi connectivity index (χ3n) is 5.20. The number of rotatable bonds is 5. The summed E-state index contributed by atoms with van der Waals surface area (Å²) in [5, 5.41) is 11.7. The maximum Gasteiger partial charge on any atom is 0.270 e. The Morgan fingerprint density at radius 2 is 1.52 bits per heavy atom. The summed E-state index contributed by atoms with van der Waals surface area (Å²) in [6.45, 7) is 0. The summed E-state index contributed by atoms with van der Waals surface area (Å²) in [4.78, 5) is 24.6. The molecule has 2 aromatic rings. The fourth-order valence-electron chi connectivity index (χ4n) is 3.58. The highest BCUT2D eigenvalue weighted by Gasteiger charge is 2.27. The van der Waals surface area contributed by atoms with Gasteiger partial charge in [0, 0.05) is 5.92 Å². The first-order valence-corrected chi connectivity index (χ1v) is 9.40. The normalized spacial score (nSPS) is 15.6. The minimum Gasteiger partial charge on any atom is -0.340 e. The van der Waals surface area contributed by atoms with Crippen LogP contribution in [-0.2, 0) is 9.59 Å². The molecule has 0 saturated heterocycles. The molecule has 0 radical (unpaired) electrons. The van der Waals surface area contributed by atoms with E-state index < -0.39 is 29.4 Å². The van der Waals surface area contributed by atoms with Crippen molar-refractivity contribution in [3.63, 3.8) is 0 Å². The molecule has 3 N–H and O–H groups in total. The predicted molar refractivity (Wildman–Crippen MR) is 99.1 cm³/mol. The molecular weight excluding hydrogens is 385 g/mol. The highest BCUT2D eigenvalue weighted by Crippen LogP contribution is 2.27. The van der Waals surface area contributed by atoms with Crippen molar-refractivity contribution >= 4 is 11.8 Å². The second-order valence-electron chi connectivity index (χ2n) is 7.13. The summed E-state index contributed by atoms with van der Waals surface area (Å²) >= 11 is 0. The third kappa shape index (κ3) is 4.76. The topological polar surface area (TPSA) is 78.4 Å². The van der Waals surface area contributed by atoms with Crippen LogP contribution in [0.3, 0.4) is 0 Å². The quantitative estimate of drug-likeness (QED) is 0.399. The van der Waals surface area contributed by atoms with Gasteiger partial charge in [-0.25, -0.2) is 18.7 Å². The van der Waals surface area contributed by atoms with Crippen LogP contribution in [0.5, 0.6) is 0 Å². The Labute approximate surface area is 165 Å². The summed E-state index contributed by atoms with van der Waals surface area (Å²) in [5.41, 5.74) is 2.45. The average Bonchev–Trinajstić information content (AvgIpc) is 2.75. The van der Waals surface area contributed by atoms with Gasteiger partial charge < -0.3 is 5.32 Å². The smallest absolute Gasteiger partial charge is 0.270 e. The number of hydroxylamine groups is 1. The van der Waals surface area contributed by atoms with Crippen LogP contribution in [0, 0.1) is 23.4 Å². The molecule has 0 unspecified atom stereocenters. The largest absolute Gasteiger partial charge is 0.340 e. The number of amides is 2. The van der Waals surface area contributed by atoms with E-state index in [1.54, 1.807) is 5.48 Å². The van der Waals surface area contributed by atoms with E-state index in [1.807, 2.05) is 0 Å². The molecule has 0 aromatic heterocycles. The number of hydrogen-bond acceptors (Lipinski definition) is 3. The van der Waals surface area contributed by atoms with Crippen molar-refractivity contribution in [1.29, 1.82) is 0 Å². The zero-order valence-corrected chi connectivity index (χ0v) is 15.6. The molecule has 29 heavy (non-hydrogen) atoms. The number of halogens is 3. The molecule has 1 aliphatic carbocycles. The van der Waals surface area contributed by atoms with Gasteiger partial charge in [-0.05, 0) is 41.7 Å². The van der Waals surface area contributed by atoms with Gasteiger partial charge in [-0.15, -0.1) is 0 Å². The number of carbonyl (C=O) groups is 2. The lowest BCUT2D eigenvalue weighted by Crippen LogP contribution is -2.42. The molecule has 1 atom stereocenters.